The minimum absolute atomic E-state index is 0.0282. The Labute approximate surface area is 128 Å². The number of rotatable bonds is 3. The molecule has 0 aliphatic carbocycles. The van der Waals surface area contributed by atoms with Gasteiger partial charge in [0.2, 0.25) is 0 Å². The second-order valence-electron chi connectivity index (χ2n) is 4.43. The molecule has 2 aromatic rings. The average Bonchev–Trinajstić information content (AvgIpc) is 2.39. The quantitative estimate of drug-likeness (QED) is 0.502. The summed E-state index contributed by atoms with van der Waals surface area (Å²) in [6, 6.07) is 8.69. The number of hydrogen-bond acceptors (Lipinski definition) is 4. The Morgan fingerprint density at radius 2 is 2.00 bits per heavy atom. The van der Waals surface area contributed by atoms with E-state index in [1.54, 1.807) is 12.1 Å². The second kappa shape index (κ2) is 5.92. The molecule has 0 bridgehead atoms. The van der Waals surface area contributed by atoms with Crippen molar-refractivity contribution >= 4 is 33.2 Å². The van der Waals surface area contributed by atoms with Crippen molar-refractivity contribution < 1.29 is 14.8 Å². The van der Waals surface area contributed by atoms with Gasteiger partial charge < -0.3 is 10.4 Å². The fraction of sp³-hybridized carbons (Fsp3) is 0.0714. The van der Waals surface area contributed by atoms with Gasteiger partial charge in [-0.3, -0.25) is 14.9 Å². The molecule has 0 aliphatic heterocycles. The summed E-state index contributed by atoms with van der Waals surface area (Å²) in [4.78, 5) is 22.4. The van der Waals surface area contributed by atoms with Gasteiger partial charge >= 0.3 is 0 Å². The first-order valence-corrected chi connectivity index (χ1v) is 6.72. The number of halogens is 1. The topological polar surface area (TPSA) is 92.5 Å². The van der Waals surface area contributed by atoms with Crippen LogP contribution in [0.15, 0.2) is 40.9 Å². The standard InChI is InChI=1S/C14H11BrN2O4/c1-8-4-9(6-10(15)5-8)14(19)16-12-3-2-11(18)7-13(12)17(20)21/h2-7,18H,1H3,(H,16,19). The van der Waals surface area contributed by atoms with Crippen LogP contribution in [0.1, 0.15) is 15.9 Å². The van der Waals surface area contributed by atoms with Crippen molar-refractivity contribution in [2.75, 3.05) is 5.32 Å². The Kier molecular flexibility index (Phi) is 4.23. The van der Waals surface area contributed by atoms with Gasteiger partial charge in [0.25, 0.3) is 11.6 Å². The van der Waals surface area contributed by atoms with Crippen molar-refractivity contribution in [1.29, 1.82) is 0 Å². The molecule has 0 unspecified atom stereocenters. The monoisotopic (exact) mass is 350 g/mol. The predicted octanol–water partition coefficient (Wildman–Crippen LogP) is 3.62. The van der Waals surface area contributed by atoms with Crippen molar-refractivity contribution in [3.8, 4) is 5.75 Å². The molecule has 0 atom stereocenters. The third kappa shape index (κ3) is 3.57. The number of aromatic hydroxyl groups is 1. The second-order valence-corrected chi connectivity index (χ2v) is 5.35. The van der Waals surface area contributed by atoms with Crippen LogP contribution in [0, 0.1) is 17.0 Å². The molecular weight excluding hydrogens is 340 g/mol. The van der Waals surface area contributed by atoms with Gasteiger partial charge in [0.1, 0.15) is 11.4 Å². The molecular formula is C14H11BrN2O4. The van der Waals surface area contributed by atoms with Gasteiger partial charge in [0.15, 0.2) is 0 Å². The lowest BCUT2D eigenvalue weighted by atomic mass is 10.1. The Morgan fingerprint density at radius 1 is 1.29 bits per heavy atom. The van der Waals surface area contributed by atoms with Gasteiger partial charge in [-0.1, -0.05) is 15.9 Å². The van der Waals surface area contributed by atoms with E-state index >= 15 is 0 Å². The number of nitrogens with one attached hydrogen (secondary N) is 1. The molecule has 0 aliphatic rings. The predicted molar refractivity (Wildman–Crippen MR) is 81.6 cm³/mol. The van der Waals surface area contributed by atoms with Crippen molar-refractivity contribution in [3.63, 3.8) is 0 Å². The molecule has 7 heteroatoms. The first kappa shape index (κ1) is 15.0. The van der Waals surface area contributed by atoms with E-state index in [1.165, 1.54) is 12.1 Å². The van der Waals surface area contributed by atoms with E-state index < -0.39 is 10.8 Å². The Hall–Kier alpha value is -2.41. The van der Waals surface area contributed by atoms with E-state index in [1.807, 2.05) is 13.0 Å². The van der Waals surface area contributed by atoms with E-state index in [9.17, 15) is 20.0 Å². The van der Waals surface area contributed by atoms with E-state index in [0.717, 1.165) is 16.1 Å². The Bertz CT molecular complexity index is 711. The Morgan fingerprint density at radius 3 is 2.62 bits per heavy atom. The van der Waals surface area contributed by atoms with Gasteiger partial charge in [-0.05, 0) is 42.8 Å². The van der Waals surface area contributed by atoms with E-state index in [0.29, 0.717) is 5.56 Å². The first-order valence-electron chi connectivity index (χ1n) is 5.93. The van der Waals surface area contributed by atoms with Crippen LogP contribution in [0.25, 0.3) is 0 Å². The van der Waals surface area contributed by atoms with Gasteiger partial charge in [0, 0.05) is 10.0 Å². The fourth-order valence-electron chi connectivity index (χ4n) is 1.84. The molecule has 0 saturated carbocycles. The zero-order chi connectivity index (χ0) is 15.6. The summed E-state index contributed by atoms with van der Waals surface area (Å²) >= 11 is 3.29. The zero-order valence-electron chi connectivity index (χ0n) is 11.0. The number of phenols is 1. The number of anilines is 1. The smallest absolute Gasteiger partial charge is 0.296 e. The summed E-state index contributed by atoms with van der Waals surface area (Å²) in [6.45, 7) is 1.84. The molecule has 0 fully saturated rings. The molecule has 2 N–H and O–H groups in total. The number of carbonyl (C=O) groups excluding carboxylic acids is 1. The van der Waals surface area contributed by atoms with Gasteiger partial charge in [-0.25, -0.2) is 0 Å². The Balaban J connectivity index is 2.33. The van der Waals surface area contributed by atoms with Crippen LogP contribution < -0.4 is 5.32 Å². The van der Waals surface area contributed by atoms with Crippen LogP contribution in [0.3, 0.4) is 0 Å². The number of phenolic OH excluding ortho intramolecular Hbond substituents is 1. The molecule has 2 aromatic carbocycles. The minimum Gasteiger partial charge on any atom is -0.508 e. The van der Waals surface area contributed by atoms with Crippen molar-refractivity contribution in [3.05, 3.63) is 62.1 Å². The van der Waals surface area contributed by atoms with Crippen LogP contribution in [0.4, 0.5) is 11.4 Å². The highest BCUT2D eigenvalue weighted by Crippen LogP contribution is 2.29. The number of nitrogens with zero attached hydrogens (tertiary/aromatic N) is 1. The summed E-state index contributed by atoms with van der Waals surface area (Å²) < 4.78 is 0.743. The summed E-state index contributed by atoms with van der Waals surface area (Å²) in [5, 5.41) is 22.7. The lowest BCUT2D eigenvalue weighted by molar-refractivity contribution is -0.384. The third-order valence-electron chi connectivity index (χ3n) is 2.73. The normalized spacial score (nSPS) is 10.2. The van der Waals surface area contributed by atoms with Crippen LogP contribution in [-0.2, 0) is 0 Å². The lowest BCUT2D eigenvalue weighted by Crippen LogP contribution is -2.13. The number of hydrogen-bond donors (Lipinski definition) is 2. The number of amides is 1. The maximum Gasteiger partial charge on any atom is 0.296 e. The summed E-state index contributed by atoms with van der Waals surface area (Å²) in [5.74, 6) is -0.703. The van der Waals surface area contributed by atoms with Gasteiger partial charge in [-0.15, -0.1) is 0 Å². The highest BCUT2D eigenvalue weighted by molar-refractivity contribution is 9.10. The molecule has 6 nitrogen and oxygen atoms in total. The molecule has 0 radical (unpaired) electrons. The van der Waals surface area contributed by atoms with Gasteiger partial charge in [0.05, 0.1) is 11.0 Å². The first-order chi connectivity index (χ1) is 9.86. The number of nitro benzene ring substituents is 1. The number of carbonyl (C=O) groups is 1. The minimum atomic E-state index is -0.665. The highest BCUT2D eigenvalue weighted by Gasteiger charge is 2.17. The molecule has 108 valence electrons. The molecule has 21 heavy (non-hydrogen) atoms. The SMILES string of the molecule is Cc1cc(Br)cc(C(=O)Nc2ccc(O)cc2[N+](=O)[O-])c1. The van der Waals surface area contributed by atoms with Crippen molar-refractivity contribution in [1.82, 2.24) is 0 Å². The van der Waals surface area contributed by atoms with Crippen LogP contribution in [-0.4, -0.2) is 15.9 Å². The van der Waals surface area contributed by atoms with Gasteiger partial charge in [-0.2, -0.15) is 0 Å². The average molecular weight is 351 g/mol. The number of aryl methyl sites for hydroxylation is 1. The van der Waals surface area contributed by atoms with Crippen LogP contribution in [0.2, 0.25) is 0 Å². The zero-order valence-corrected chi connectivity index (χ0v) is 12.5. The molecule has 0 heterocycles. The third-order valence-corrected chi connectivity index (χ3v) is 3.19. The van der Waals surface area contributed by atoms with E-state index in [4.69, 9.17) is 0 Å². The van der Waals surface area contributed by atoms with E-state index in [-0.39, 0.29) is 17.1 Å². The largest absolute Gasteiger partial charge is 0.508 e. The molecule has 0 saturated heterocycles. The fourth-order valence-corrected chi connectivity index (χ4v) is 2.45. The maximum atomic E-state index is 12.2. The summed E-state index contributed by atoms with van der Waals surface area (Å²) in [6.07, 6.45) is 0. The highest BCUT2D eigenvalue weighted by atomic mass is 79.9. The van der Waals surface area contributed by atoms with E-state index in [2.05, 4.69) is 21.2 Å². The summed E-state index contributed by atoms with van der Waals surface area (Å²) in [5.41, 5.74) is 0.925. The molecule has 1 amide bonds. The molecule has 0 spiro atoms. The van der Waals surface area contributed by atoms with Crippen molar-refractivity contribution in [2.24, 2.45) is 0 Å². The van der Waals surface area contributed by atoms with Crippen LogP contribution in [0.5, 0.6) is 5.75 Å². The summed E-state index contributed by atoms with van der Waals surface area (Å²) in [7, 11) is 0. The number of benzene rings is 2. The maximum absolute atomic E-state index is 12.2. The molecule has 0 aromatic heterocycles. The van der Waals surface area contributed by atoms with Crippen LogP contribution >= 0.6 is 15.9 Å². The molecule has 2 rings (SSSR count). The number of nitro groups is 1. The lowest BCUT2D eigenvalue weighted by Gasteiger charge is -2.07. The van der Waals surface area contributed by atoms with Crippen molar-refractivity contribution in [2.45, 2.75) is 6.92 Å².